The molecule has 0 aliphatic carbocycles. The SMILES string of the molecule is COc1ccc(C[CH]c2ccc3ccc4cccc5ccc2c3c45)cc1. The van der Waals surface area contributed by atoms with Gasteiger partial charge in [0.2, 0.25) is 0 Å². The second-order valence-corrected chi connectivity index (χ2v) is 6.77. The summed E-state index contributed by atoms with van der Waals surface area (Å²) in [6.07, 6.45) is 3.24. The third kappa shape index (κ3) is 2.40. The molecule has 0 aliphatic heterocycles. The minimum Gasteiger partial charge on any atom is -0.497 e. The second-order valence-electron chi connectivity index (χ2n) is 6.77. The van der Waals surface area contributed by atoms with E-state index in [1.165, 1.54) is 43.4 Å². The summed E-state index contributed by atoms with van der Waals surface area (Å²) in [6, 6.07) is 28.3. The average molecular weight is 335 g/mol. The van der Waals surface area contributed by atoms with Gasteiger partial charge in [0.25, 0.3) is 0 Å². The molecule has 0 bridgehead atoms. The van der Waals surface area contributed by atoms with Gasteiger partial charge in [0.05, 0.1) is 7.11 Å². The molecule has 0 saturated carbocycles. The minimum absolute atomic E-state index is 0.900. The molecule has 0 amide bonds. The molecule has 1 heteroatoms. The van der Waals surface area contributed by atoms with Crippen LogP contribution in [0.2, 0.25) is 0 Å². The Morgan fingerprint density at radius 1 is 0.692 bits per heavy atom. The monoisotopic (exact) mass is 335 g/mol. The predicted octanol–water partition coefficient (Wildman–Crippen LogP) is 6.39. The molecule has 5 rings (SSSR count). The molecular formula is C25H19O. The highest BCUT2D eigenvalue weighted by Crippen LogP contribution is 2.36. The zero-order chi connectivity index (χ0) is 17.5. The maximum atomic E-state index is 5.24. The molecule has 1 radical (unpaired) electrons. The largest absolute Gasteiger partial charge is 0.497 e. The van der Waals surface area contributed by atoms with Gasteiger partial charge in [-0.25, -0.2) is 0 Å². The minimum atomic E-state index is 0.900. The molecule has 5 aromatic rings. The number of hydrogen-bond donors (Lipinski definition) is 0. The quantitative estimate of drug-likeness (QED) is 0.346. The molecule has 26 heavy (non-hydrogen) atoms. The van der Waals surface area contributed by atoms with Gasteiger partial charge in [0.1, 0.15) is 5.75 Å². The first-order valence-corrected chi connectivity index (χ1v) is 8.96. The molecule has 0 aromatic heterocycles. The highest BCUT2D eigenvalue weighted by molar-refractivity contribution is 6.23. The van der Waals surface area contributed by atoms with Gasteiger partial charge in [0.15, 0.2) is 0 Å². The summed E-state index contributed by atoms with van der Waals surface area (Å²) in [6.45, 7) is 0. The Morgan fingerprint density at radius 3 is 2.08 bits per heavy atom. The number of methoxy groups -OCH3 is 1. The van der Waals surface area contributed by atoms with Crippen molar-refractivity contribution in [3.05, 3.63) is 96.4 Å². The summed E-state index contributed by atoms with van der Waals surface area (Å²) in [5.41, 5.74) is 2.59. The van der Waals surface area contributed by atoms with Gasteiger partial charge in [-0.15, -0.1) is 0 Å². The number of ether oxygens (including phenoxy) is 1. The summed E-state index contributed by atoms with van der Waals surface area (Å²) in [5.74, 6) is 0.900. The van der Waals surface area contributed by atoms with E-state index >= 15 is 0 Å². The van der Waals surface area contributed by atoms with Crippen LogP contribution in [0.15, 0.2) is 78.9 Å². The van der Waals surface area contributed by atoms with Crippen molar-refractivity contribution in [2.24, 2.45) is 0 Å². The number of rotatable bonds is 4. The Morgan fingerprint density at radius 2 is 1.35 bits per heavy atom. The normalized spacial score (nSPS) is 11.6. The lowest BCUT2D eigenvalue weighted by Crippen LogP contribution is -1.92. The topological polar surface area (TPSA) is 9.23 Å². The van der Waals surface area contributed by atoms with Crippen molar-refractivity contribution in [3.63, 3.8) is 0 Å². The Bertz CT molecular complexity index is 1190. The maximum Gasteiger partial charge on any atom is 0.118 e. The molecule has 0 heterocycles. The first-order valence-electron chi connectivity index (χ1n) is 8.96. The Balaban J connectivity index is 1.59. The standard InChI is InChI=1S/C25H19O/c1-26-22-14-6-17(7-15-22)5-8-18-9-10-21-12-11-19-3-2-4-20-13-16-23(18)25(21)24(19)20/h2-4,6-16H,5H2,1H3. The van der Waals surface area contributed by atoms with Gasteiger partial charge in [0, 0.05) is 0 Å². The number of benzene rings is 5. The Hall–Kier alpha value is -3.06. The van der Waals surface area contributed by atoms with Crippen LogP contribution < -0.4 is 4.74 Å². The van der Waals surface area contributed by atoms with E-state index in [2.05, 4.69) is 73.2 Å². The zero-order valence-corrected chi connectivity index (χ0v) is 14.7. The van der Waals surface area contributed by atoms with Crippen LogP contribution >= 0.6 is 0 Å². The lowest BCUT2D eigenvalue weighted by molar-refractivity contribution is 0.414. The van der Waals surface area contributed by atoms with Crippen molar-refractivity contribution >= 4 is 32.3 Å². The highest BCUT2D eigenvalue weighted by Gasteiger charge is 2.10. The summed E-state index contributed by atoms with van der Waals surface area (Å²) >= 11 is 0. The van der Waals surface area contributed by atoms with Crippen LogP contribution in [0.4, 0.5) is 0 Å². The van der Waals surface area contributed by atoms with E-state index < -0.39 is 0 Å². The van der Waals surface area contributed by atoms with Gasteiger partial charge in [-0.3, -0.25) is 0 Å². The van der Waals surface area contributed by atoms with E-state index in [9.17, 15) is 0 Å². The van der Waals surface area contributed by atoms with E-state index in [-0.39, 0.29) is 0 Å². The van der Waals surface area contributed by atoms with Crippen molar-refractivity contribution in [3.8, 4) is 5.75 Å². The molecule has 0 fully saturated rings. The van der Waals surface area contributed by atoms with E-state index in [1.54, 1.807) is 7.11 Å². The third-order valence-corrected chi connectivity index (χ3v) is 5.28. The van der Waals surface area contributed by atoms with E-state index in [0.717, 1.165) is 12.2 Å². The van der Waals surface area contributed by atoms with Crippen LogP contribution in [0.25, 0.3) is 32.3 Å². The van der Waals surface area contributed by atoms with Crippen LogP contribution in [0.3, 0.4) is 0 Å². The van der Waals surface area contributed by atoms with Gasteiger partial charge in [-0.1, -0.05) is 66.7 Å². The predicted molar refractivity (Wildman–Crippen MR) is 110 cm³/mol. The fourth-order valence-electron chi connectivity index (χ4n) is 3.93. The lowest BCUT2D eigenvalue weighted by atomic mass is 9.90. The van der Waals surface area contributed by atoms with Gasteiger partial charge >= 0.3 is 0 Å². The molecule has 0 atom stereocenters. The fourth-order valence-corrected chi connectivity index (χ4v) is 3.93. The van der Waals surface area contributed by atoms with Crippen molar-refractivity contribution in [2.45, 2.75) is 6.42 Å². The molecule has 0 N–H and O–H groups in total. The lowest BCUT2D eigenvalue weighted by Gasteiger charge is -2.14. The van der Waals surface area contributed by atoms with Crippen molar-refractivity contribution < 1.29 is 4.74 Å². The molecule has 5 aromatic carbocycles. The van der Waals surface area contributed by atoms with Crippen molar-refractivity contribution in [1.29, 1.82) is 0 Å². The zero-order valence-electron chi connectivity index (χ0n) is 14.7. The van der Waals surface area contributed by atoms with Gasteiger partial charge < -0.3 is 4.74 Å². The molecule has 0 unspecified atom stereocenters. The third-order valence-electron chi connectivity index (χ3n) is 5.28. The molecule has 1 nitrogen and oxygen atoms in total. The number of hydrogen-bond acceptors (Lipinski definition) is 1. The fraction of sp³-hybridized carbons (Fsp3) is 0.0800. The highest BCUT2D eigenvalue weighted by atomic mass is 16.5. The summed E-state index contributed by atoms with van der Waals surface area (Å²) in [4.78, 5) is 0. The molecule has 0 saturated heterocycles. The molecule has 0 spiro atoms. The second kappa shape index (κ2) is 6.03. The van der Waals surface area contributed by atoms with Crippen LogP contribution in [0.5, 0.6) is 5.75 Å². The van der Waals surface area contributed by atoms with Gasteiger partial charge in [-0.2, -0.15) is 0 Å². The summed E-state index contributed by atoms with van der Waals surface area (Å²) in [7, 11) is 1.70. The average Bonchev–Trinajstić information content (AvgIpc) is 2.71. The molecule has 125 valence electrons. The first-order chi connectivity index (χ1) is 12.8. The summed E-state index contributed by atoms with van der Waals surface area (Å²) < 4.78 is 5.24. The molecular weight excluding hydrogens is 316 g/mol. The van der Waals surface area contributed by atoms with Crippen molar-refractivity contribution in [2.75, 3.05) is 7.11 Å². The smallest absolute Gasteiger partial charge is 0.118 e. The van der Waals surface area contributed by atoms with E-state index in [4.69, 9.17) is 4.74 Å². The summed E-state index contributed by atoms with van der Waals surface area (Å²) in [5, 5.41) is 8.03. The van der Waals surface area contributed by atoms with Crippen LogP contribution in [0, 0.1) is 6.42 Å². The van der Waals surface area contributed by atoms with Crippen LogP contribution in [0.1, 0.15) is 11.1 Å². The van der Waals surface area contributed by atoms with Crippen LogP contribution in [-0.4, -0.2) is 7.11 Å². The maximum absolute atomic E-state index is 5.24. The Kier molecular flexibility index (Phi) is 3.53. The molecule has 0 aliphatic rings. The van der Waals surface area contributed by atoms with E-state index in [1.807, 2.05) is 12.1 Å². The van der Waals surface area contributed by atoms with Gasteiger partial charge in [-0.05, 0) is 68.4 Å². The van der Waals surface area contributed by atoms with Crippen molar-refractivity contribution in [1.82, 2.24) is 0 Å². The van der Waals surface area contributed by atoms with Crippen LogP contribution in [-0.2, 0) is 6.42 Å². The van der Waals surface area contributed by atoms with E-state index in [0.29, 0.717) is 0 Å². The first kappa shape index (κ1) is 15.2. The Labute approximate surface area is 153 Å².